The summed E-state index contributed by atoms with van der Waals surface area (Å²) in [4.78, 5) is 4.07. The van der Waals surface area contributed by atoms with E-state index in [9.17, 15) is 13.2 Å². The van der Waals surface area contributed by atoms with Crippen LogP contribution in [0.25, 0.3) is 0 Å². The molecule has 7 heteroatoms. The lowest BCUT2D eigenvalue weighted by molar-refractivity contribution is -0.137. The van der Waals surface area contributed by atoms with Crippen LogP contribution in [0, 0.1) is 6.92 Å². The van der Waals surface area contributed by atoms with Crippen LogP contribution in [-0.2, 0) is 12.7 Å². The van der Waals surface area contributed by atoms with E-state index in [1.807, 2.05) is 17.7 Å². The first kappa shape index (κ1) is 14.7. The van der Waals surface area contributed by atoms with Gasteiger partial charge in [0.2, 0.25) is 0 Å². The number of nitrogens with zero attached hydrogens (tertiary/aromatic N) is 2. The molecular formula is C13H13ClF3N3. The topological polar surface area (TPSA) is 29.9 Å². The van der Waals surface area contributed by atoms with Crippen LogP contribution in [-0.4, -0.2) is 16.1 Å². The number of aryl methyl sites for hydroxylation is 1. The van der Waals surface area contributed by atoms with E-state index in [1.54, 1.807) is 6.20 Å². The zero-order chi connectivity index (χ0) is 14.8. The maximum absolute atomic E-state index is 12.6. The van der Waals surface area contributed by atoms with Gasteiger partial charge in [-0.2, -0.15) is 13.2 Å². The summed E-state index contributed by atoms with van der Waals surface area (Å²) in [6, 6.07) is 3.23. The molecular weight excluding hydrogens is 291 g/mol. The van der Waals surface area contributed by atoms with Crippen molar-refractivity contribution in [2.75, 3.05) is 11.9 Å². The highest BCUT2D eigenvalue weighted by molar-refractivity contribution is 6.33. The Morgan fingerprint density at radius 1 is 1.35 bits per heavy atom. The van der Waals surface area contributed by atoms with Crippen molar-refractivity contribution in [1.82, 2.24) is 9.55 Å². The van der Waals surface area contributed by atoms with E-state index in [0.29, 0.717) is 13.1 Å². The minimum absolute atomic E-state index is 0.264. The fourth-order valence-electron chi connectivity index (χ4n) is 1.79. The number of halogens is 4. The third-order valence-corrected chi connectivity index (χ3v) is 3.22. The lowest BCUT2D eigenvalue weighted by Crippen LogP contribution is -2.12. The second kappa shape index (κ2) is 5.75. The first-order valence-electron chi connectivity index (χ1n) is 5.96. The highest BCUT2D eigenvalue weighted by atomic mass is 35.5. The highest BCUT2D eigenvalue weighted by Crippen LogP contribution is 2.33. The minimum atomic E-state index is -4.37. The number of anilines is 1. The number of alkyl halides is 3. The lowest BCUT2D eigenvalue weighted by atomic mass is 10.2. The van der Waals surface area contributed by atoms with Crippen molar-refractivity contribution in [2.45, 2.75) is 19.6 Å². The van der Waals surface area contributed by atoms with Crippen LogP contribution in [0.1, 0.15) is 11.4 Å². The Kier molecular flexibility index (Phi) is 4.23. The summed E-state index contributed by atoms with van der Waals surface area (Å²) in [5, 5.41) is 3.17. The van der Waals surface area contributed by atoms with E-state index in [-0.39, 0.29) is 10.7 Å². The van der Waals surface area contributed by atoms with Gasteiger partial charge in [-0.15, -0.1) is 0 Å². The molecule has 3 nitrogen and oxygen atoms in total. The molecule has 2 aromatic rings. The van der Waals surface area contributed by atoms with Crippen molar-refractivity contribution >= 4 is 17.3 Å². The SMILES string of the molecule is Cc1nccn1CCNc1cc(C(F)(F)F)ccc1Cl. The molecule has 0 aliphatic rings. The molecule has 0 aliphatic heterocycles. The molecule has 20 heavy (non-hydrogen) atoms. The number of hydrogen-bond acceptors (Lipinski definition) is 2. The molecule has 0 aliphatic carbocycles. The molecule has 1 aromatic heterocycles. The number of aromatic nitrogens is 2. The first-order valence-corrected chi connectivity index (χ1v) is 6.34. The normalized spacial score (nSPS) is 11.7. The quantitative estimate of drug-likeness (QED) is 0.926. The lowest BCUT2D eigenvalue weighted by Gasteiger charge is -2.13. The molecule has 0 saturated heterocycles. The highest BCUT2D eigenvalue weighted by Gasteiger charge is 2.30. The number of rotatable bonds is 4. The summed E-state index contributed by atoms with van der Waals surface area (Å²) in [7, 11) is 0. The predicted octanol–water partition coefficient (Wildman–Crippen LogP) is 3.98. The summed E-state index contributed by atoms with van der Waals surface area (Å²) in [6.45, 7) is 2.91. The van der Waals surface area contributed by atoms with Gasteiger partial charge in [0, 0.05) is 25.5 Å². The number of benzene rings is 1. The van der Waals surface area contributed by atoms with E-state index >= 15 is 0 Å². The third-order valence-electron chi connectivity index (χ3n) is 2.89. The van der Waals surface area contributed by atoms with Crippen molar-refractivity contribution in [3.05, 3.63) is 47.0 Å². The first-order chi connectivity index (χ1) is 9.38. The van der Waals surface area contributed by atoms with E-state index in [1.165, 1.54) is 6.07 Å². The zero-order valence-corrected chi connectivity index (χ0v) is 11.5. The largest absolute Gasteiger partial charge is 0.416 e. The van der Waals surface area contributed by atoms with E-state index < -0.39 is 11.7 Å². The zero-order valence-electron chi connectivity index (χ0n) is 10.7. The molecule has 1 N–H and O–H groups in total. The van der Waals surface area contributed by atoms with Crippen LogP contribution in [0.15, 0.2) is 30.6 Å². The van der Waals surface area contributed by atoms with Crippen molar-refractivity contribution in [3.63, 3.8) is 0 Å². The number of nitrogens with one attached hydrogen (secondary N) is 1. The van der Waals surface area contributed by atoms with Crippen molar-refractivity contribution in [2.24, 2.45) is 0 Å². The van der Waals surface area contributed by atoms with Crippen LogP contribution in [0.2, 0.25) is 5.02 Å². The summed E-state index contributed by atoms with van der Waals surface area (Å²) < 4.78 is 39.7. The fraction of sp³-hybridized carbons (Fsp3) is 0.308. The van der Waals surface area contributed by atoms with Gasteiger partial charge >= 0.3 is 6.18 Å². The average Bonchev–Trinajstić information content (AvgIpc) is 2.76. The second-order valence-corrected chi connectivity index (χ2v) is 4.69. The van der Waals surface area contributed by atoms with Crippen molar-refractivity contribution in [1.29, 1.82) is 0 Å². The van der Waals surface area contributed by atoms with Crippen LogP contribution >= 0.6 is 11.6 Å². The Morgan fingerprint density at radius 3 is 2.70 bits per heavy atom. The molecule has 1 aromatic carbocycles. The van der Waals surface area contributed by atoms with E-state index in [2.05, 4.69) is 10.3 Å². The predicted molar refractivity (Wildman–Crippen MR) is 71.9 cm³/mol. The molecule has 0 bridgehead atoms. The molecule has 0 spiro atoms. The van der Waals surface area contributed by atoms with Gasteiger partial charge in [-0.3, -0.25) is 0 Å². The fourth-order valence-corrected chi connectivity index (χ4v) is 1.97. The molecule has 0 saturated carbocycles. The van der Waals surface area contributed by atoms with Crippen molar-refractivity contribution < 1.29 is 13.2 Å². The standard InChI is InChI=1S/C13H13ClF3N3/c1-9-18-4-6-20(9)7-5-19-12-8-10(13(15,16)17)2-3-11(12)14/h2-4,6,8,19H,5,7H2,1H3. The maximum Gasteiger partial charge on any atom is 0.416 e. The van der Waals surface area contributed by atoms with Crippen molar-refractivity contribution in [3.8, 4) is 0 Å². The molecule has 2 rings (SSSR count). The van der Waals surface area contributed by atoms with Gasteiger partial charge in [0.05, 0.1) is 16.3 Å². The Labute approximate surface area is 119 Å². The van der Waals surface area contributed by atoms with Gasteiger partial charge in [0.25, 0.3) is 0 Å². The molecule has 108 valence electrons. The Bertz CT molecular complexity index is 593. The van der Waals surface area contributed by atoms with E-state index in [4.69, 9.17) is 11.6 Å². The Balaban J connectivity index is 2.04. The van der Waals surface area contributed by atoms with Gasteiger partial charge in [0.15, 0.2) is 0 Å². The van der Waals surface area contributed by atoms with Gasteiger partial charge < -0.3 is 9.88 Å². The van der Waals surface area contributed by atoms with Gasteiger partial charge in [-0.25, -0.2) is 4.98 Å². The van der Waals surface area contributed by atoms with Crippen LogP contribution < -0.4 is 5.32 Å². The van der Waals surface area contributed by atoms with Crippen LogP contribution in [0.5, 0.6) is 0 Å². The summed E-state index contributed by atoms with van der Waals surface area (Å²) in [5.41, 5.74) is -0.442. The third kappa shape index (κ3) is 3.45. The summed E-state index contributed by atoms with van der Waals surface area (Å²) in [6.07, 6.45) is -0.890. The second-order valence-electron chi connectivity index (χ2n) is 4.29. The average molecular weight is 304 g/mol. The number of imidazole rings is 1. The Hall–Kier alpha value is -1.69. The molecule has 0 atom stereocenters. The van der Waals surface area contributed by atoms with Gasteiger partial charge in [0.1, 0.15) is 5.82 Å². The molecule has 0 radical (unpaired) electrons. The van der Waals surface area contributed by atoms with Gasteiger partial charge in [-0.05, 0) is 25.1 Å². The maximum atomic E-state index is 12.6. The molecule has 0 amide bonds. The van der Waals surface area contributed by atoms with Crippen LogP contribution in [0.4, 0.5) is 18.9 Å². The summed E-state index contributed by atoms with van der Waals surface area (Å²) >= 11 is 5.89. The molecule has 1 heterocycles. The van der Waals surface area contributed by atoms with Gasteiger partial charge in [-0.1, -0.05) is 11.6 Å². The number of hydrogen-bond donors (Lipinski definition) is 1. The van der Waals surface area contributed by atoms with E-state index in [0.717, 1.165) is 18.0 Å². The van der Waals surface area contributed by atoms with Crippen LogP contribution in [0.3, 0.4) is 0 Å². The minimum Gasteiger partial charge on any atom is -0.382 e. The summed E-state index contributed by atoms with van der Waals surface area (Å²) in [5.74, 6) is 0.849. The smallest absolute Gasteiger partial charge is 0.382 e. The molecule has 0 fully saturated rings. The molecule has 0 unspecified atom stereocenters. The Morgan fingerprint density at radius 2 is 2.10 bits per heavy atom. The monoisotopic (exact) mass is 303 g/mol.